The molecule has 0 bridgehead atoms. The molecule has 0 aromatic heterocycles. The Morgan fingerprint density at radius 1 is 1.56 bits per heavy atom. The van der Waals surface area contributed by atoms with Crippen molar-refractivity contribution in [3.63, 3.8) is 0 Å². The normalized spacial score (nSPS) is 9.94. The van der Waals surface area contributed by atoms with Gasteiger partial charge in [0.05, 0.1) is 11.3 Å². The van der Waals surface area contributed by atoms with E-state index in [0.717, 1.165) is 12.1 Å². The lowest BCUT2D eigenvalue weighted by Crippen LogP contribution is -2.20. The molecule has 5 nitrogen and oxygen atoms in total. The fourth-order valence-electron chi connectivity index (χ4n) is 1.30. The van der Waals surface area contributed by atoms with E-state index in [4.69, 9.17) is 0 Å². The Morgan fingerprint density at radius 2 is 2.19 bits per heavy atom. The number of benzene rings is 1. The molecule has 0 spiro atoms. The van der Waals surface area contributed by atoms with Crippen molar-refractivity contribution in [3.8, 4) is 0 Å². The van der Waals surface area contributed by atoms with Crippen LogP contribution in [0.25, 0.3) is 0 Å². The van der Waals surface area contributed by atoms with E-state index < -0.39 is 16.4 Å². The van der Waals surface area contributed by atoms with Crippen molar-refractivity contribution in [3.05, 3.63) is 39.2 Å². The van der Waals surface area contributed by atoms with Gasteiger partial charge < -0.3 is 5.32 Å². The molecular formula is C10H11FN2O3. The van der Waals surface area contributed by atoms with Gasteiger partial charge in [-0.15, -0.1) is 0 Å². The molecule has 0 aliphatic heterocycles. The maximum absolute atomic E-state index is 13.3. The minimum atomic E-state index is -0.922. The van der Waals surface area contributed by atoms with Gasteiger partial charge in [-0.1, -0.05) is 0 Å². The summed E-state index contributed by atoms with van der Waals surface area (Å²) in [7, 11) is 1.47. The summed E-state index contributed by atoms with van der Waals surface area (Å²) >= 11 is 0. The van der Waals surface area contributed by atoms with Crippen LogP contribution in [0.5, 0.6) is 0 Å². The first kappa shape index (κ1) is 12.1. The fourth-order valence-corrected chi connectivity index (χ4v) is 1.30. The number of nitro groups is 1. The molecule has 0 unspecified atom stereocenters. The van der Waals surface area contributed by atoms with Crippen LogP contribution in [0.4, 0.5) is 10.1 Å². The number of nitrogens with zero attached hydrogens (tertiary/aromatic N) is 1. The molecular weight excluding hydrogens is 215 g/mol. The van der Waals surface area contributed by atoms with Crippen molar-refractivity contribution >= 4 is 11.6 Å². The molecule has 1 amide bonds. The number of nitro benzene ring substituents is 1. The number of nitrogens with one attached hydrogen (secondary N) is 1. The first-order chi connectivity index (χ1) is 7.45. The van der Waals surface area contributed by atoms with Crippen molar-refractivity contribution in [2.45, 2.75) is 13.3 Å². The molecule has 86 valence electrons. The van der Waals surface area contributed by atoms with Crippen molar-refractivity contribution in [1.29, 1.82) is 0 Å². The number of carbonyl (C=O) groups is 1. The average Bonchev–Trinajstić information content (AvgIpc) is 2.22. The molecule has 0 radical (unpaired) electrons. The zero-order valence-corrected chi connectivity index (χ0v) is 8.91. The minimum absolute atomic E-state index is 0.0112. The van der Waals surface area contributed by atoms with E-state index in [2.05, 4.69) is 5.32 Å². The van der Waals surface area contributed by atoms with Crippen LogP contribution in [0, 0.1) is 22.9 Å². The first-order valence-electron chi connectivity index (χ1n) is 4.59. The second-order valence-corrected chi connectivity index (χ2v) is 3.34. The lowest BCUT2D eigenvalue weighted by atomic mass is 10.0. The third-order valence-corrected chi connectivity index (χ3v) is 2.23. The summed E-state index contributed by atoms with van der Waals surface area (Å²) in [5.74, 6) is -1.19. The van der Waals surface area contributed by atoms with Crippen LogP contribution in [0.1, 0.15) is 11.1 Å². The van der Waals surface area contributed by atoms with Crippen LogP contribution < -0.4 is 5.32 Å². The Kier molecular flexibility index (Phi) is 3.55. The highest BCUT2D eigenvalue weighted by Crippen LogP contribution is 2.22. The third-order valence-electron chi connectivity index (χ3n) is 2.23. The number of likely N-dealkylation sites (N-methyl/N-ethyl adjacent to an activating group) is 1. The molecule has 0 atom stereocenters. The van der Waals surface area contributed by atoms with Crippen LogP contribution in [-0.4, -0.2) is 17.9 Å². The van der Waals surface area contributed by atoms with E-state index in [1.54, 1.807) is 6.92 Å². The Balaban J connectivity index is 3.10. The highest BCUT2D eigenvalue weighted by Gasteiger charge is 2.17. The van der Waals surface area contributed by atoms with Gasteiger partial charge in [-0.2, -0.15) is 4.39 Å². The zero-order chi connectivity index (χ0) is 12.3. The SMILES string of the molecule is CNC(=O)Cc1cc(F)c([N+](=O)[O-])cc1C. The van der Waals surface area contributed by atoms with Gasteiger partial charge in [0, 0.05) is 13.1 Å². The number of amides is 1. The molecule has 1 N–H and O–H groups in total. The van der Waals surface area contributed by atoms with Gasteiger partial charge in [-0.05, 0) is 24.1 Å². The van der Waals surface area contributed by atoms with Gasteiger partial charge in [-0.25, -0.2) is 0 Å². The number of aryl methyl sites for hydroxylation is 1. The molecule has 0 fully saturated rings. The Labute approximate surface area is 91.4 Å². The number of carbonyl (C=O) groups excluding carboxylic acids is 1. The highest BCUT2D eigenvalue weighted by atomic mass is 19.1. The second-order valence-electron chi connectivity index (χ2n) is 3.34. The molecule has 0 aliphatic carbocycles. The lowest BCUT2D eigenvalue weighted by Gasteiger charge is -2.05. The first-order valence-corrected chi connectivity index (χ1v) is 4.59. The van der Waals surface area contributed by atoms with E-state index in [-0.39, 0.29) is 12.3 Å². The third kappa shape index (κ3) is 2.53. The summed E-state index contributed by atoms with van der Waals surface area (Å²) in [6.45, 7) is 1.60. The number of halogens is 1. The molecule has 1 aromatic rings. The predicted octanol–water partition coefficient (Wildman–Crippen LogP) is 1.33. The Bertz CT molecular complexity index is 446. The van der Waals surface area contributed by atoms with Crippen molar-refractivity contribution in [2.75, 3.05) is 7.05 Å². The van der Waals surface area contributed by atoms with Crippen LogP contribution in [0.3, 0.4) is 0 Å². The lowest BCUT2D eigenvalue weighted by molar-refractivity contribution is -0.387. The van der Waals surface area contributed by atoms with Gasteiger partial charge in [0.15, 0.2) is 0 Å². The average molecular weight is 226 g/mol. The maximum atomic E-state index is 13.3. The van der Waals surface area contributed by atoms with Crippen LogP contribution in [0.2, 0.25) is 0 Å². The fraction of sp³-hybridized carbons (Fsp3) is 0.300. The van der Waals surface area contributed by atoms with Crippen LogP contribution in [-0.2, 0) is 11.2 Å². The van der Waals surface area contributed by atoms with Crippen molar-refractivity contribution in [1.82, 2.24) is 5.32 Å². The van der Waals surface area contributed by atoms with Gasteiger partial charge in [0.1, 0.15) is 0 Å². The molecule has 0 saturated carbocycles. The summed E-state index contributed by atoms with van der Waals surface area (Å²) in [4.78, 5) is 20.8. The molecule has 0 heterocycles. The van der Waals surface area contributed by atoms with Crippen LogP contribution in [0.15, 0.2) is 12.1 Å². The van der Waals surface area contributed by atoms with Gasteiger partial charge >= 0.3 is 5.69 Å². The molecule has 0 aliphatic rings. The molecule has 1 rings (SSSR count). The van der Waals surface area contributed by atoms with Crippen molar-refractivity contribution < 1.29 is 14.1 Å². The van der Waals surface area contributed by atoms with Crippen LogP contribution >= 0.6 is 0 Å². The molecule has 0 saturated heterocycles. The molecule has 6 heteroatoms. The van der Waals surface area contributed by atoms with E-state index in [1.807, 2.05) is 0 Å². The highest BCUT2D eigenvalue weighted by molar-refractivity contribution is 5.78. The summed E-state index contributed by atoms with van der Waals surface area (Å²) in [5, 5.41) is 12.9. The Hall–Kier alpha value is -1.98. The van der Waals surface area contributed by atoms with Gasteiger partial charge in [-0.3, -0.25) is 14.9 Å². The van der Waals surface area contributed by atoms with E-state index in [0.29, 0.717) is 11.1 Å². The van der Waals surface area contributed by atoms with Crippen molar-refractivity contribution in [2.24, 2.45) is 0 Å². The summed E-state index contributed by atoms with van der Waals surface area (Å²) in [6.07, 6.45) is 0.0112. The monoisotopic (exact) mass is 226 g/mol. The number of hydrogen-bond donors (Lipinski definition) is 1. The van der Waals surface area contributed by atoms with Gasteiger partial charge in [0.25, 0.3) is 0 Å². The second kappa shape index (κ2) is 4.69. The maximum Gasteiger partial charge on any atom is 0.305 e. The Morgan fingerprint density at radius 3 is 2.69 bits per heavy atom. The largest absolute Gasteiger partial charge is 0.359 e. The summed E-state index contributed by atoms with van der Waals surface area (Å²) in [5.41, 5.74) is 0.400. The number of rotatable bonds is 3. The van der Waals surface area contributed by atoms with E-state index in [1.165, 1.54) is 7.05 Å². The topological polar surface area (TPSA) is 72.2 Å². The smallest absolute Gasteiger partial charge is 0.305 e. The summed E-state index contributed by atoms with van der Waals surface area (Å²) < 4.78 is 13.3. The predicted molar refractivity (Wildman–Crippen MR) is 55.6 cm³/mol. The van der Waals surface area contributed by atoms with Gasteiger partial charge in [0.2, 0.25) is 11.7 Å². The standard InChI is InChI=1S/C10H11FN2O3/c1-6-3-9(13(15)16)8(11)4-7(6)5-10(14)12-2/h3-4H,5H2,1-2H3,(H,12,14). The summed E-state index contributed by atoms with van der Waals surface area (Å²) in [6, 6.07) is 2.16. The van der Waals surface area contributed by atoms with E-state index >= 15 is 0 Å². The molecule has 1 aromatic carbocycles. The number of hydrogen-bond acceptors (Lipinski definition) is 3. The quantitative estimate of drug-likeness (QED) is 0.624. The molecule has 16 heavy (non-hydrogen) atoms. The minimum Gasteiger partial charge on any atom is -0.359 e. The van der Waals surface area contributed by atoms with E-state index in [9.17, 15) is 19.3 Å². The zero-order valence-electron chi connectivity index (χ0n) is 8.91.